The van der Waals surface area contributed by atoms with Crippen molar-refractivity contribution < 1.29 is 9.53 Å². The molecule has 0 aliphatic rings. The lowest BCUT2D eigenvalue weighted by molar-refractivity contribution is -0.117. The largest absolute Gasteiger partial charge is 0.383 e. The smallest absolute Gasteiger partial charge is 0.240 e. The van der Waals surface area contributed by atoms with Crippen LogP contribution in [0.25, 0.3) is 0 Å². The van der Waals surface area contributed by atoms with Crippen molar-refractivity contribution in [3.05, 3.63) is 24.5 Å². The van der Waals surface area contributed by atoms with E-state index in [1.165, 1.54) is 0 Å². The van der Waals surface area contributed by atoms with Crippen LogP contribution >= 0.6 is 0 Å². The summed E-state index contributed by atoms with van der Waals surface area (Å²) >= 11 is 0. The molecule has 0 saturated heterocycles. The summed E-state index contributed by atoms with van der Waals surface area (Å²) in [7, 11) is 3.38. The van der Waals surface area contributed by atoms with Crippen LogP contribution in [0.2, 0.25) is 0 Å². The second-order valence-electron chi connectivity index (χ2n) is 3.33. The van der Waals surface area contributed by atoms with Crippen molar-refractivity contribution in [2.45, 2.75) is 0 Å². The minimum atomic E-state index is 0.0160. The van der Waals surface area contributed by atoms with E-state index in [1.54, 1.807) is 43.6 Å². The molecule has 5 nitrogen and oxygen atoms in total. The van der Waals surface area contributed by atoms with Crippen LogP contribution in [0.1, 0.15) is 0 Å². The predicted octanol–water partition coefficient (Wildman–Crippen LogP) is 0.280. The van der Waals surface area contributed by atoms with Crippen molar-refractivity contribution in [2.75, 3.05) is 38.8 Å². The Labute approximate surface area is 95.4 Å². The molecule has 0 radical (unpaired) electrons. The van der Waals surface area contributed by atoms with Crippen LogP contribution < -0.4 is 10.2 Å². The van der Waals surface area contributed by atoms with Gasteiger partial charge in [0.1, 0.15) is 0 Å². The van der Waals surface area contributed by atoms with Crippen molar-refractivity contribution in [3.63, 3.8) is 0 Å². The van der Waals surface area contributed by atoms with E-state index in [1.807, 2.05) is 0 Å². The lowest BCUT2D eigenvalue weighted by Gasteiger charge is -2.17. The van der Waals surface area contributed by atoms with Gasteiger partial charge in [-0.2, -0.15) is 0 Å². The highest BCUT2D eigenvalue weighted by molar-refractivity contribution is 5.94. The highest BCUT2D eigenvalue weighted by atomic mass is 16.5. The highest BCUT2D eigenvalue weighted by Crippen LogP contribution is 2.09. The normalized spacial score (nSPS) is 10.1. The molecule has 0 bridgehead atoms. The molecule has 0 aromatic carbocycles. The molecule has 1 amide bonds. The topological polar surface area (TPSA) is 54.5 Å². The van der Waals surface area contributed by atoms with Gasteiger partial charge in [0.2, 0.25) is 5.91 Å². The number of nitrogens with zero attached hydrogens (tertiary/aromatic N) is 2. The monoisotopic (exact) mass is 223 g/mol. The first-order valence-corrected chi connectivity index (χ1v) is 5.12. The van der Waals surface area contributed by atoms with Crippen molar-refractivity contribution in [1.82, 2.24) is 10.3 Å². The van der Waals surface area contributed by atoms with Gasteiger partial charge >= 0.3 is 0 Å². The fourth-order valence-electron chi connectivity index (χ4n) is 1.20. The molecule has 1 N–H and O–H groups in total. The number of pyridine rings is 1. The predicted molar refractivity (Wildman–Crippen MR) is 62.4 cm³/mol. The van der Waals surface area contributed by atoms with E-state index >= 15 is 0 Å². The lowest BCUT2D eigenvalue weighted by Crippen LogP contribution is -2.36. The summed E-state index contributed by atoms with van der Waals surface area (Å²) in [4.78, 5) is 17.2. The number of methoxy groups -OCH3 is 1. The molecule has 0 unspecified atom stereocenters. The van der Waals surface area contributed by atoms with Crippen LogP contribution in [0, 0.1) is 0 Å². The third-order valence-electron chi connectivity index (χ3n) is 2.18. The van der Waals surface area contributed by atoms with Gasteiger partial charge in [-0.05, 0) is 12.1 Å². The fraction of sp³-hybridized carbons (Fsp3) is 0.455. The third kappa shape index (κ3) is 3.96. The zero-order chi connectivity index (χ0) is 11.8. The average Bonchev–Trinajstić information content (AvgIpc) is 2.34. The van der Waals surface area contributed by atoms with Gasteiger partial charge in [-0.3, -0.25) is 9.78 Å². The summed E-state index contributed by atoms with van der Waals surface area (Å²) in [5.74, 6) is 0.0160. The Kier molecular flexibility index (Phi) is 5.45. The molecule has 1 aromatic rings. The number of amides is 1. The summed E-state index contributed by atoms with van der Waals surface area (Å²) in [6, 6.07) is 3.60. The Morgan fingerprint density at radius 3 is 2.81 bits per heavy atom. The number of rotatable bonds is 6. The Morgan fingerprint density at radius 1 is 1.50 bits per heavy atom. The molecular weight excluding hydrogens is 206 g/mol. The Hall–Kier alpha value is -1.46. The first-order chi connectivity index (χ1) is 7.75. The number of carbonyl (C=O) groups excluding carboxylic acids is 1. The van der Waals surface area contributed by atoms with Crippen molar-refractivity contribution >= 4 is 11.6 Å². The van der Waals surface area contributed by atoms with E-state index in [-0.39, 0.29) is 5.91 Å². The Balaban J connectivity index is 2.37. The van der Waals surface area contributed by atoms with Gasteiger partial charge in [0.15, 0.2) is 0 Å². The zero-order valence-electron chi connectivity index (χ0n) is 9.64. The minimum Gasteiger partial charge on any atom is -0.383 e. The number of nitrogens with one attached hydrogen (secondary N) is 1. The molecule has 0 saturated carbocycles. The van der Waals surface area contributed by atoms with E-state index in [0.29, 0.717) is 19.7 Å². The lowest BCUT2D eigenvalue weighted by atomic mass is 10.3. The van der Waals surface area contributed by atoms with Crippen LogP contribution in [0.3, 0.4) is 0 Å². The quantitative estimate of drug-likeness (QED) is 0.704. The molecule has 88 valence electrons. The second kappa shape index (κ2) is 6.92. The molecule has 0 fully saturated rings. The van der Waals surface area contributed by atoms with Gasteiger partial charge in [-0.25, -0.2) is 0 Å². The van der Waals surface area contributed by atoms with Crippen LogP contribution in [0.5, 0.6) is 0 Å². The summed E-state index contributed by atoms with van der Waals surface area (Å²) in [6.45, 7) is 1.58. The van der Waals surface area contributed by atoms with Crippen LogP contribution in [-0.2, 0) is 9.53 Å². The molecular formula is C11H17N3O2. The van der Waals surface area contributed by atoms with Crippen molar-refractivity contribution in [2.24, 2.45) is 0 Å². The van der Waals surface area contributed by atoms with Gasteiger partial charge in [0.25, 0.3) is 0 Å². The number of hydrogen-bond acceptors (Lipinski definition) is 4. The van der Waals surface area contributed by atoms with Gasteiger partial charge in [0.05, 0.1) is 13.2 Å². The Morgan fingerprint density at radius 2 is 2.19 bits per heavy atom. The number of ether oxygens (including phenoxy) is 1. The summed E-state index contributed by atoms with van der Waals surface area (Å²) in [6.07, 6.45) is 3.33. The SMILES string of the molecule is COCCNCC(=O)N(C)c1ccncc1. The van der Waals surface area contributed by atoms with E-state index in [4.69, 9.17) is 4.74 Å². The van der Waals surface area contributed by atoms with Gasteiger partial charge in [0, 0.05) is 38.8 Å². The van der Waals surface area contributed by atoms with Gasteiger partial charge < -0.3 is 15.0 Å². The number of hydrogen-bond donors (Lipinski definition) is 1. The molecule has 0 aliphatic carbocycles. The number of aromatic nitrogens is 1. The molecule has 1 rings (SSSR count). The van der Waals surface area contributed by atoms with E-state index in [0.717, 1.165) is 5.69 Å². The third-order valence-corrected chi connectivity index (χ3v) is 2.18. The van der Waals surface area contributed by atoms with Gasteiger partial charge in [-0.15, -0.1) is 0 Å². The second-order valence-corrected chi connectivity index (χ2v) is 3.33. The summed E-state index contributed by atoms with van der Waals surface area (Å²) < 4.78 is 4.87. The molecule has 0 spiro atoms. The molecule has 0 aliphatic heterocycles. The van der Waals surface area contributed by atoms with E-state index in [2.05, 4.69) is 10.3 Å². The average molecular weight is 223 g/mol. The maximum absolute atomic E-state index is 11.7. The van der Waals surface area contributed by atoms with Crippen molar-refractivity contribution in [3.8, 4) is 0 Å². The minimum absolute atomic E-state index is 0.0160. The molecule has 0 atom stereocenters. The van der Waals surface area contributed by atoms with Crippen LogP contribution in [0.4, 0.5) is 5.69 Å². The number of anilines is 1. The number of carbonyl (C=O) groups is 1. The standard InChI is InChI=1S/C11H17N3O2/c1-14(10-3-5-12-6-4-10)11(15)9-13-7-8-16-2/h3-6,13H,7-9H2,1-2H3. The molecule has 5 heteroatoms. The van der Waals surface area contributed by atoms with E-state index in [9.17, 15) is 4.79 Å². The first kappa shape index (κ1) is 12.6. The number of likely N-dealkylation sites (N-methyl/N-ethyl adjacent to an activating group) is 1. The fourth-order valence-corrected chi connectivity index (χ4v) is 1.20. The van der Waals surface area contributed by atoms with Crippen molar-refractivity contribution in [1.29, 1.82) is 0 Å². The van der Waals surface area contributed by atoms with Gasteiger partial charge in [-0.1, -0.05) is 0 Å². The summed E-state index contributed by atoms with van der Waals surface area (Å²) in [5.41, 5.74) is 0.841. The van der Waals surface area contributed by atoms with Crippen LogP contribution in [0.15, 0.2) is 24.5 Å². The first-order valence-electron chi connectivity index (χ1n) is 5.12. The highest BCUT2D eigenvalue weighted by Gasteiger charge is 2.09. The maximum Gasteiger partial charge on any atom is 0.240 e. The summed E-state index contributed by atoms with van der Waals surface area (Å²) in [5, 5.41) is 3.00. The Bertz CT molecular complexity index is 316. The molecule has 1 heterocycles. The maximum atomic E-state index is 11.7. The van der Waals surface area contributed by atoms with Crippen LogP contribution in [-0.4, -0.2) is 44.7 Å². The van der Waals surface area contributed by atoms with E-state index < -0.39 is 0 Å². The zero-order valence-corrected chi connectivity index (χ0v) is 9.64. The molecule has 1 aromatic heterocycles. The molecule has 16 heavy (non-hydrogen) atoms.